The first kappa shape index (κ1) is 19.1. The second kappa shape index (κ2) is 10.6. The van der Waals surface area contributed by atoms with Crippen molar-refractivity contribution in [3.63, 3.8) is 0 Å². The van der Waals surface area contributed by atoms with Crippen LogP contribution in [0.5, 0.6) is 5.75 Å². The van der Waals surface area contributed by atoms with E-state index in [1.165, 1.54) is 5.56 Å². The van der Waals surface area contributed by atoms with E-state index in [0.29, 0.717) is 16.7 Å². The van der Waals surface area contributed by atoms with Gasteiger partial charge in [0.1, 0.15) is 12.4 Å². The van der Waals surface area contributed by atoms with Crippen LogP contribution in [0.25, 0.3) is 0 Å². The SMILES string of the molecule is OCCCCCNCc1cccc(OCc2c(Cl)cccc2Cl)c1. The number of ether oxygens (including phenoxy) is 1. The Morgan fingerprint density at radius 2 is 1.71 bits per heavy atom. The summed E-state index contributed by atoms with van der Waals surface area (Å²) >= 11 is 12.3. The normalized spacial score (nSPS) is 10.8. The monoisotopic (exact) mass is 367 g/mol. The standard InChI is InChI=1S/C19H23Cl2NO2/c20-18-8-5-9-19(21)17(18)14-24-16-7-4-6-15(12-16)13-22-10-2-1-3-11-23/h4-9,12,22-23H,1-3,10-11,13-14H2. The van der Waals surface area contributed by atoms with Crippen LogP contribution in [0.3, 0.4) is 0 Å². The van der Waals surface area contributed by atoms with E-state index in [1.54, 1.807) is 0 Å². The molecule has 2 N–H and O–H groups in total. The zero-order chi connectivity index (χ0) is 17.2. The third-order valence-corrected chi connectivity index (χ3v) is 4.39. The van der Waals surface area contributed by atoms with Crippen LogP contribution in [0.15, 0.2) is 42.5 Å². The van der Waals surface area contributed by atoms with E-state index in [0.717, 1.165) is 43.7 Å². The molecule has 0 saturated heterocycles. The van der Waals surface area contributed by atoms with Gasteiger partial charge in [-0.2, -0.15) is 0 Å². The number of hydrogen-bond acceptors (Lipinski definition) is 3. The average Bonchev–Trinajstić information content (AvgIpc) is 2.58. The van der Waals surface area contributed by atoms with Gasteiger partial charge in [0.15, 0.2) is 0 Å². The van der Waals surface area contributed by atoms with Gasteiger partial charge in [0, 0.05) is 28.8 Å². The molecule has 0 aliphatic heterocycles. The van der Waals surface area contributed by atoms with Crippen molar-refractivity contribution in [1.82, 2.24) is 5.32 Å². The van der Waals surface area contributed by atoms with Gasteiger partial charge in [-0.1, -0.05) is 41.4 Å². The Morgan fingerprint density at radius 1 is 0.958 bits per heavy atom. The molecule has 2 aromatic carbocycles. The molecule has 0 radical (unpaired) electrons. The summed E-state index contributed by atoms with van der Waals surface area (Å²) in [7, 11) is 0. The van der Waals surface area contributed by atoms with Crippen molar-refractivity contribution >= 4 is 23.2 Å². The number of benzene rings is 2. The largest absolute Gasteiger partial charge is 0.489 e. The number of aliphatic hydroxyl groups excluding tert-OH is 1. The summed E-state index contributed by atoms with van der Waals surface area (Å²) in [5, 5.41) is 13.4. The summed E-state index contributed by atoms with van der Waals surface area (Å²) in [4.78, 5) is 0. The van der Waals surface area contributed by atoms with Gasteiger partial charge in [-0.05, 0) is 55.6 Å². The van der Waals surface area contributed by atoms with E-state index in [1.807, 2.05) is 36.4 Å². The van der Waals surface area contributed by atoms with E-state index >= 15 is 0 Å². The summed E-state index contributed by atoms with van der Waals surface area (Å²) in [5.41, 5.74) is 1.97. The Bertz CT molecular complexity index is 614. The summed E-state index contributed by atoms with van der Waals surface area (Å²) in [6.07, 6.45) is 2.99. The first-order chi connectivity index (χ1) is 11.7. The minimum absolute atomic E-state index is 0.273. The quantitative estimate of drug-likeness (QED) is 0.591. The fourth-order valence-electron chi connectivity index (χ4n) is 2.34. The lowest BCUT2D eigenvalue weighted by Crippen LogP contribution is -2.14. The molecule has 0 aliphatic carbocycles. The van der Waals surface area contributed by atoms with E-state index in [4.69, 9.17) is 33.0 Å². The third-order valence-electron chi connectivity index (χ3n) is 3.68. The molecule has 0 bridgehead atoms. The van der Waals surface area contributed by atoms with Crippen molar-refractivity contribution in [1.29, 1.82) is 0 Å². The lowest BCUT2D eigenvalue weighted by Gasteiger charge is -2.11. The van der Waals surface area contributed by atoms with Gasteiger partial charge in [0.25, 0.3) is 0 Å². The number of halogens is 2. The van der Waals surface area contributed by atoms with Crippen LogP contribution in [0.4, 0.5) is 0 Å². The highest BCUT2D eigenvalue weighted by Crippen LogP contribution is 2.26. The molecule has 0 aromatic heterocycles. The van der Waals surface area contributed by atoms with Gasteiger partial charge in [-0.15, -0.1) is 0 Å². The van der Waals surface area contributed by atoms with Crippen LogP contribution in [0.1, 0.15) is 30.4 Å². The van der Waals surface area contributed by atoms with Gasteiger partial charge < -0.3 is 15.2 Å². The van der Waals surface area contributed by atoms with Gasteiger partial charge in [-0.25, -0.2) is 0 Å². The zero-order valence-electron chi connectivity index (χ0n) is 13.6. The number of aliphatic hydroxyl groups is 1. The molecule has 5 heteroatoms. The zero-order valence-corrected chi connectivity index (χ0v) is 15.1. The molecule has 3 nitrogen and oxygen atoms in total. The highest BCUT2D eigenvalue weighted by Gasteiger charge is 2.06. The maximum absolute atomic E-state index is 8.75. The average molecular weight is 368 g/mol. The van der Waals surface area contributed by atoms with E-state index in [-0.39, 0.29) is 6.61 Å². The van der Waals surface area contributed by atoms with Crippen LogP contribution in [-0.2, 0) is 13.2 Å². The number of hydrogen-bond donors (Lipinski definition) is 2. The van der Waals surface area contributed by atoms with Gasteiger partial charge >= 0.3 is 0 Å². The Balaban J connectivity index is 1.82. The molecule has 0 heterocycles. The molecular weight excluding hydrogens is 345 g/mol. The molecule has 2 rings (SSSR count). The van der Waals surface area contributed by atoms with Crippen molar-refractivity contribution in [2.24, 2.45) is 0 Å². The lowest BCUT2D eigenvalue weighted by molar-refractivity contribution is 0.283. The molecule has 0 atom stereocenters. The highest BCUT2D eigenvalue weighted by molar-refractivity contribution is 6.35. The lowest BCUT2D eigenvalue weighted by atomic mass is 10.2. The molecule has 0 unspecified atom stereocenters. The molecule has 0 fully saturated rings. The highest BCUT2D eigenvalue weighted by atomic mass is 35.5. The molecule has 0 amide bonds. The fraction of sp³-hybridized carbons (Fsp3) is 0.368. The summed E-state index contributed by atoms with van der Waals surface area (Å²) in [6, 6.07) is 13.4. The van der Waals surface area contributed by atoms with Crippen LogP contribution in [0, 0.1) is 0 Å². The Morgan fingerprint density at radius 3 is 2.46 bits per heavy atom. The topological polar surface area (TPSA) is 41.5 Å². The van der Waals surface area contributed by atoms with E-state index in [2.05, 4.69) is 11.4 Å². The van der Waals surface area contributed by atoms with Crippen LogP contribution in [0.2, 0.25) is 10.0 Å². The van der Waals surface area contributed by atoms with E-state index in [9.17, 15) is 0 Å². The first-order valence-corrected chi connectivity index (χ1v) is 8.92. The number of unbranched alkanes of at least 4 members (excludes halogenated alkanes) is 2. The van der Waals surface area contributed by atoms with Gasteiger partial charge in [-0.3, -0.25) is 0 Å². The Kier molecular flexibility index (Phi) is 8.40. The summed E-state index contributed by atoms with van der Waals surface area (Å²) < 4.78 is 5.83. The Hall–Kier alpha value is -1.26. The predicted octanol–water partition coefficient (Wildman–Crippen LogP) is 4.82. The molecule has 2 aromatic rings. The van der Waals surface area contributed by atoms with E-state index < -0.39 is 0 Å². The fourth-order valence-corrected chi connectivity index (χ4v) is 2.85. The second-order valence-corrected chi connectivity index (χ2v) is 6.41. The minimum Gasteiger partial charge on any atom is -0.489 e. The predicted molar refractivity (Wildman–Crippen MR) is 99.9 cm³/mol. The van der Waals surface area contributed by atoms with Crippen molar-refractivity contribution < 1.29 is 9.84 Å². The van der Waals surface area contributed by atoms with Crippen LogP contribution in [-0.4, -0.2) is 18.3 Å². The maximum Gasteiger partial charge on any atom is 0.120 e. The molecule has 0 aliphatic rings. The maximum atomic E-state index is 8.75. The summed E-state index contributed by atoms with van der Waals surface area (Å²) in [6.45, 7) is 2.36. The van der Waals surface area contributed by atoms with Gasteiger partial charge in [0.05, 0.1) is 0 Å². The van der Waals surface area contributed by atoms with Crippen molar-refractivity contribution in [2.45, 2.75) is 32.4 Å². The number of rotatable bonds is 10. The van der Waals surface area contributed by atoms with Crippen molar-refractivity contribution in [2.75, 3.05) is 13.2 Å². The van der Waals surface area contributed by atoms with Gasteiger partial charge in [0.2, 0.25) is 0 Å². The van der Waals surface area contributed by atoms with Crippen LogP contribution < -0.4 is 10.1 Å². The van der Waals surface area contributed by atoms with Crippen molar-refractivity contribution in [3.05, 3.63) is 63.6 Å². The first-order valence-electron chi connectivity index (χ1n) is 8.17. The second-order valence-electron chi connectivity index (χ2n) is 5.60. The molecule has 24 heavy (non-hydrogen) atoms. The smallest absolute Gasteiger partial charge is 0.120 e. The number of nitrogens with one attached hydrogen (secondary N) is 1. The van der Waals surface area contributed by atoms with Crippen LogP contribution >= 0.6 is 23.2 Å². The third kappa shape index (κ3) is 6.33. The minimum atomic E-state index is 0.273. The molecule has 0 saturated carbocycles. The molecule has 130 valence electrons. The Labute approximate surface area is 153 Å². The van der Waals surface area contributed by atoms with Crippen molar-refractivity contribution in [3.8, 4) is 5.75 Å². The molecule has 0 spiro atoms. The summed E-state index contributed by atoms with van der Waals surface area (Å²) in [5.74, 6) is 0.797. The molecular formula is C19H23Cl2NO2.